The fraction of sp³-hybridized carbons (Fsp3) is 0.333. The molecule has 21 heavy (non-hydrogen) atoms. The van der Waals surface area contributed by atoms with Gasteiger partial charge in [0.2, 0.25) is 0 Å². The molecule has 6 heteroatoms. The van der Waals surface area contributed by atoms with Crippen LogP contribution in [0.4, 0.5) is 5.69 Å². The number of benzene rings is 1. The molecule has 0 bridgehead atoms. The van der Waals surface area contributed by atoms with Gasteiger partial charge in [-0.25, -0.2) is 0 Å². The van der Waals surface area contributed by atoms with Crippen molar-refractivity contribution in [2.75, 3.05) is 11.4 Å². The molecule has 1 aliphatic rings. The number of nitrogens with zero attached hydrogens (tertiary/aromatic N) is 4. The van der Waals surface area contributed by atoms with E-state index in [1.54, 1.807) is 0 Å². The monoisotopic (exact) mass is 303 g/mol. The van der Waals surface area contributed by atoms with Crippen molar-refractivity contribution in [2.24, 2.45) is 10.7 Å². The lowest BCUT2D eigenvalue weighted by Crippen LogP contribution is -2.36. The Morgan fingerprint density at radius 2 is 2.19 bits per heavy atom. The fourth-order valence-electron chi connectivity index (χ4n) is 2.50. The van der Waals surface area contributed by atoms with E-state index in [9.17, 15) is 0 Å². The molecule has 0 spiro atoms. The smallest absolute Gasteiger partial charge is 0.196 e. The SMILES string of the molecule is CC(C)n1cc(C2CN=C(N)N2c2cccc(Cl)c2)cn1. The maximum Gasteiger partial charge on any atom is 0.196 e. The maximum absolute atomic E-state index is 6.09. The van der Waals surface area contributed by atoms with E-state index < -0.39 is 0 Å². The Bertz CT molecular complexity index is 676. The third kappa shape index (κ3) is 2.61. The van der Waals surface area contributed by atoms with Crippen molar-refractivity contribution in [3.05, 3.63) is 47.2 Å². The molecule has 1 atom stereocenters. The van der Waals surface area contributed by atoms with Crippen LogP contribution in [0.1, 0.15) is 31.5 Å². The van der Waals surface area contributed by atoms with Gasteiger partial charge in [-0.1, -0.05) is 17.7 Å². The number of nitrogens with two attached hydrogens (primary N) is 1. The number of aliphatic imine (C=N–C) groups is 1. The van der Waals surface area contributed by atoms with Gasteiger partial charge in [-0.2, -0.15) is 5.10 Å². The first-order chi connectivity index (χ1) is 10.1. The second kappa shape index (κ2) is 5.41. The molecule has 2 N–H and O–H groups in total. The van der Waals surface area contributed by atoms with Crippen LogP contribution in [-0.4, -0.2) is 22.3 Å². The molecule has 0 saturated heterocycles. The Balaban J connectivity index is 1.95. The number of rotatable bonds is 3. The van der Waals surface area contributed by atoms with E-state index in [4.69, 9.17) is 17.3 Å². The van der Waals surface area contributed by atoms with Gasteiger partial charge in [-0.05, 0) is 32.0 Å². The van der Waals surface area contributed by atoms with Crippen molar-refractivity contribution in [1.82, 2.24) is 9.78 Å². The second-order valence-electron chi connectivity index (χ2n) is 5.41. The molecule has 1 aromatic carbocycles. The molecular weight excluding hydrogens is 286 g/mol. The maximum atomic E-state index is 6.09. The van der Waals surface area contributed by atoms with Gasteiger partial charge in [0, 0.05) is 28.5 Å². The number of halogens is 1. The molecule has 0 fully saturated rings. The van der Waals surface area contributed by atoms with Crippen molar-refractivity contribution in [1.29, 1.82) is 0 Å². The molecule has 0 amide bonds. The molecule has 1 unspecified atom stereocenters. The fourth-order valence-corrected chi connectivity index (χ4v) is 2.68. The highest BCUT2D eigenvalue weighted by atomic mass is 35.5. The van der Waals surface area contributed by atoms with Crippen LogP contribution < -0.4 is 10.6 Å². The van der Waals surface area contributed by atoms with Crippen molar-refractivity contribution in [2.45, 2.75) is 25.9 Å². The normalized spacial score (nSPS) is 18.4. The Kier molecular flexibility index (Phi) is 3.59. The van der Waals surface area contributed by atoms with Gasteiger partial charge in [0.1, 0.15) is 0 Å². The summed E-state index contributed by atoms with van der Waals surface area (Å²) in [5.74, 6) is 0.513. The second-order valence-corrected chi connectivity index (χ2v) is 5.85. The van der Waals surface area contributed by atoms with Crippen LogP contribution in [0.25, 0.3) is 0 Å². The topological polar surface area (TPSA) is 59.4 Å². The van der Waals surface area contributed by atoms with Crippen LogP contribution in [0.3, 0.4) is 0 Å². The lowest BCUT2D eigenvalue weighted by atomic mass is 10.1. The number of hydrogen-bond acceptors (Lipinski definition) is 4. The zero-order chi connectivity index (χ0) is 15.0. The van der Waals surface area contributed by atoms with Crippen LogP contribution in [0, 0.1) is 0 Å². The van der Waals surface area contributed by atoms with Gasteiger partial charge in [-0.15, -0.1) is 0 Å². The predicted molar refractivity (Wildman–Crippen MR) is 85.8 cm³/mol. The summed E-state index contributed by atoms with van der Waals surface area (Å²) in [4.78, 5) is 6.38. The summed E-state index contributed by atoms with van der Waals surface area (Å²) in [7, 11) is 0. The van der Waals surface area contributed by atoms with Crippen molar-refractivity contribution < 1.29 is 0 Å². The van der Waals surface area contributed by atoms with Crippen LogP contribution in [0.5, 0.6) is 0 Å². The molecule has 2 aromatic rings. The van der Waals surface area contributed by atoms with Gasteiger partial charge < -0.3 is 10.6 Å². The first kappa shape index (κ1) is 13.9. The van der Waals surface area contributed by atoms with E-state index in [0.717, 1.165) is 11.3 Å². The number of anilines is 1. The summed E-state index contributed by atoms with van der Waals surface area (Å²) >= 11 is 6.09. The molecule has 0 saturated carbocycles. The van der Waals surface area contributed by atoms with Gasteiger partial charge in [0.05, 0.1) is 18.8 Å². The molecule has 110 valence electrons. The highest BCUT2D eigenvalue weighted by Crippen LogP contribution is 2.32. The van der Waals surface area contributed by atoms with Crippen LogP contribution in [0.15, 0.2) is 41.7 Å². The van der Waals surface area contributed by atoms with Crippen LogP contribution >= 0.6 is 11.6 Å². The van der Waals surface area contributed by atoms with E-state index in [1.165, 1.54) is 0 Å². The minimum atomic E-state index is 0.0657. The number of guanidine groups is 1. The Hall–Kier alpha value is -2.01. The third-order valence-corrected chi connectivity index (χ3v) is 3.84. The average Bonchev–Trinajstić information content (AvgIpc) is 3.05. The summed E-state index contributed by atoms with van der Waals surface area (Å²) in [5.41, 5.74) is 8.11. The van der Waals surface area contributed by atoms with Gasteiger partial charge in [0.15, 0.2) is 5.96 Å². The number of hydrogen-bond donors (Lipinski definition) is 1. The minimum absolute atomic E-state index is 0.0657. The third-order valence-electron chi connectivity index (χ3n) is 3.61. The van der Waals surface area contributed by atoms with E-state index in [-0.39, 0.29) is 6.04 Å². The number of aromatic nitrogens is 2. The zero-order valence-corrected chi connectivity index (χ0v) is 12.8. The van der Waals surface area contributed by atoms with E-state index >= 15 is 0 Å². The Morgan fingerprint density at radius 3 is 2.86 bits per heavy atom. The lowest BCUT2D eigenvalue weighted by molar-refractivity contribution is 0.531. The summed E-state index contributed by atoms with van der Waals surface area (Å²) < 4.78 is 1.94. The quantitative estimate of drug-likeness (QED) is 0.948. The van der Waals surface area contributed by atoms with E-state index in [1.807, 2.05) is 40.0 Å². The molecule has 0 radical (unpaired) electrons. The predicted octanol–water partition coefficient (Wildman–Crippen LogP) is 2.99. The first-order valence-electron chi connectivity index (χ1n) is 6.95. The largest absolute Gasteiger partial charge is 0.369 e. The van der Waals surface area contributed by atoms with Crippen LogP contribution in [-0.2, 0) is 0 Å². The highest BCUT2D eigenvalue weighted by Gasteiger charge is 2.30. The summed E-state index contributed by atoms with van der Waals surface area (Å²) in [5, 5.41) is 5.09. The first-order valence-corrected chi connectivity index (χ1v) is 7.33. The molecule has 2 heterocycles. The molecule has 1 aliphatic heterocycles. The van der Waals surface area contributed by atoms with Crippen molar-refractivity contribution in [3.8, 4) is 0 Å². The Morgan fingerprint density at radius 1 is 1.38 bits per heavy atom. The zero-order valence-electron chi connectivity index (χ0n) is 12.1. The molecule has 5 nitrogen and oxygen atoms in total. The van der Waals surface area contributed by atoms with Gasteiger partial charge in [-0.3, -0.25) is 9.67 Å². The molecule has 0 aliphatic carbocycles. The highest BCUT2D eigenvalue weighted by molar-refractivity contribution is 6.30. The average molecular weight is 304 g/mol. The summed E-state index contributed by atoms with van der Waals surface area (Å²) in [6, 6.07) is 8.04. The lowest BCUT2D eigenvalue weighted by Gasteiger charge is -2.25. The molecule has 3 rings (SSSR count). The van der Waals surface area contributed by atoms with E-state index in [2.05, 4.69) is 30.1 Å². The van der Waals surface area contributed by atoms with Gasteiger partial charge in [0.25, 0.3) is 0 Å². The van der Waals surface area contributed by atoms with E-state index in [0.29, 0.717) is 23.6 Å². The molecule has 1 aromatic heterocycles. The van der Waals surface area contributed by atoms with Crippen molar-refractivity contribution in [3.63, 3.8) is 0 Å². The Labute approximate surface area is 129 Å². The summed E-state index contributed by atoms with van der Waals surface area (Å²) in [6.45, 7) is 4.83. The minimum Gasteiger partial charge on any atom is -0.369 e. The van der Waals surface area contributed by atoms with Crippen molar-refractivity contribution >= 4 is 23.2 Å². The molecular formula is C15H18ClN5. The van der Waals surface area contributed by atoms with Gasteiger partial charge >= 0.3 is 0 Å². The van der Waals surface area contributed by atoms with Crippen LogP contribution in [0.2, 0.25) is 5.02 Å². The summed E-state index contributed by atoms with van der Waals surface area (Å²) in [6.07, 6.45) is 3.94. The standard InChI is InChI=1S/C15H18ClN5/c1-10(2)20-9-11(7-19-20)14-8-18-15(17)21(14)13-5-3-4-12(16)6-13/h3-7,9-10,14H,8H2,1-2H3,(H2,17,18).